The van der Waals surface area contributed by atoms with E-state index >= 15 is 0 Å². The Balaban J connectivity index is 2.02. The molecule has 0 aliphatic carbocycles. The maximum Gasteiger partial charge on any atom is 0.0749 e. The standard InChI is InChI=1S/C14H22N2O/c1-11-6-7-12(15)9-14(11)16(2)10-13-5-3-4-8-17-13/h6-7,9,13H,3-5,8,10,15H2,1-2H3. The molecule has 94 valence electrons. The summed E-state index contributed by atoms with van der Waals surface area (Å²) in [5.41, 5.74) is 9.13. The molecule has 3 heteroatoms. The number of nitrogens with zero attached hydrogens (tertiary/aromatic N) is 1. The number of ether oxygens (including phenoxy) is 1. The third kappa shape index (κ3) is 3.13. The lowest BCUT2D eigenvalue weighted by Gasteiger charge is -2.29. The maximum atomic E-state index is 5.84. The van der Waals surface area contributed by atoms with Crippen LogP contribution in [0, 0.1) is 6.92 Å². The zero-order chi connectivity index (χ0) is 12.3. The van der Waals surface area contributed by atoms with E-state index in [0.717, 1.165) is 18.8 Å². The molecule has 1 heterocycles. The van der Waals surface area contributed by atoms with Crippen molar-refractivity contribution in [2.45, 2.75) is 32.3 Å². The van der Waals surface area contributed by atoms with Gasteiger partial charge in [0.15, 0.2) is 0 Å². The number of nitrogen functional groups attached to an aromatic ring is 1. The maximum absolute atomic E-state index is 5.84. The van der Waals surface area contributed by atoms with Gasteiger partial charge >= 0.3 is 0 Å². The monoisotopic (exact) mass is 234 g/mol. The van der Waals surface area contributed by atoms with Crippen molar-refractivity contribution >= 4 is 11.4 Å². The minimum atomic E-state index is 0.370. The Morgan fingerprint density at radius 2 is 2.24 bits per heavy atom. The highest BCUT2D eigenvalue weighted by Gasteiger charge is 2.16. The largest absolute Gasteiger partial charge is 0.399 e. The molecule has 1 saturated heterocycles. The van der Waals surface area contributed by atoms with Gasteiger partial charge in [0.1, 0.15) is 0 Å². The quantitative estimate of drug-likeness (QED) is 0.817. The van der Waals surface area contributed by atoms with E-state index < -0.39 is 0 Å². The van der Waals surface area contributed by atoms with E-state index in [1.165, 1.54) is 30.5 Å². The van der Waals surface area contributed by atoms with Gasteiger partial charge in [-0.2, -0.15) is 0 Å². The molecule has 17 heavy (non-hydrogen) atoms. The van der Waals surface area contributed by atoms with E-state index in [4.69, 9.17) is 10.5 Å². The normalized spacial score (nSPS) is 20.2. The Bertz CT molecular complexity index is 372. The van der Waals surface area contributed by atoms with Crippen molar-refractivity contribution < 1.29 is 4.74 Å². The summed E-state index contributed by atoms with van der Waals surface area (Å²) < 4.78 is 5.77. The molecule has 1 aromatic carbocycles. The van der Waals surface area contributed by atoms with Gasteiger partial charge in [-0.15, -0.1) is 0 Å². The van der Waals surface area contributed by atoms with Gasteiger partial charge in [0.2, 0.25) is 0 Å². The average molecular weight is 234 g/mol. The molecule has 2 N–H and O–H groups in total. The summed E-state index contributed by atoms with van der Waals surface area (Å²) in [6.45, 7) is 3.98. The summed E-state index contributed by atoms with van der Waals surface area (Å²) in [5.74, 6) is 0. The van der Waals surface area contributed by atoms with Crippen LogP contribution in [0.1, 0.15) is 24.8 Å². The molecule has 2 rings (SSSR count). The molecule has 0 radical (unpaired) electrons. The average Bonchev–Trinajstić information content (AvgIpc) is 2.33. The molecule has 1 unspecified atom stereocenters. The van der Waals surface area contributed by atoms with Gasteiger partial charge in [0.05, 0.1) is 6.10 Å². The first-order valence-corrected chi connectivity index (χ1v) is 6.35. The molecule has 0 aromatic heterocycles. The smallest absolute Gasteiger partial charge is 0.0749 e. The number of nitrogens with two attached hydrogens (primary N) is 1. The summed E-state index contributed by atoms with van der Waals surface area (Å²) in [4.78, 5) is 2.25. The Morgan fingerprint density at radius 1 is 1.41 bits per heavy atom. The Hall–Kier alpha value is -1.22. The molecule has 1 fully saturated rings. The lowest BCUT2D eigenvalue weighted by molar-refractivity contribution is 0.0216. The predicted octanol–water partition coefficient (Wildman–Crippen LogP) is 2.58. The second-order valence-electron chi connectivity index (χ2n) is 4.92. The highest BCUT2D eigenvalue weighted by atomic mass is 16.5. The van der Waals surface area contributed by atoms with Crippen LogP contribution in [-0.2, 0) is 4.74 Å². The first-order chi connectivity index (χ1) is 8.16. The number of rotatable bonds is 3. The molecule has 1 aromatic rings. The zero-order valence-corrected chi connectivity index (χ0v) is 10.8. The van der Waals surface area contributed by atoms with Crippen LogP contribution in [-0.4, -0.2) is 26.3 Å². The fraction of sp³-hybridized carbons (Fsp3) is 0.571. The van der Waals surface area contributed by atoms with Crippen LogP contribution in [0.4, 0.5) is 11.4 Å². The molecule has 0 spiro atoms. The highest BCUT2D eigenvalue weighted by molar-refractivity contribution is 5.60. The summed E-state index contributed by atoms with van der Waals surface area (Å²) in [6.07, 6.45) is 4.03. The van der Waals surface area contributed by atoms with E-state index in [0.29, 0.717) is 6.10 Å². The lowest BCUT2D eigenvalue weighted by Crippen LogP contribution is -2.33. The SMILES string of the molecule is Cc1ccc(N)cc1N(C)CC1CCCCO1. The summed E-state index contributed by atoms with van der Waals surface area (Å²) in [6, 6.07) is 6.06. The van der Waals surface area contributed by atoms with E-state index in [1.807, 2.05) is 12.1 Å². The number of likely N-dealkylation sites (N-methyl/N-ethyl adjacent to an activating group) is 1. The van der Waals surface area contributed by atoms with Crippen LogP contribution in [0.15, 0.2) is 18.2 Å². The molecule has 0 saturated carbocycles. The van der Waals surface area contributed by atoms with Crippen molar-refractivity contribution in [2.24, 2.45) is 0 Å². The Labute approximate surface area is 104 Å². The van der Waals surface area contributed by atoms with Gasteiger partial charge in [-0.25, -0.2) is 0 Å². The minimum absolute atomic E-state index is 0.370. The van der Waals surface area contributed by atoms with Gasteiger partial charge in [0.25, 0.3) is 0 Å². The van der Waals surface area contributed by atoms with E-state index in [2.05, 4.69) is 24.9 Å². The van der Waals surface area contributed by atoms with Gasteiger partial charge in [-0.1, -0.05) is 6.07 Å². The summed E-state index contributed by atoms with van der Waals surface area (Å²) in [5, 5.41) is 0. The molecular weight excluding hydrogens is 212 g/mol. The van der Waals surface area contributed by atoms with Crippen molar-refractivity contribution in [1.82, 2.24) is 0 Å². The van der Waals surface area contributed by atoms with Crippen molar-refractivity contribution in [3.8, 4) is 0 Å². The number of hydrogen-bond acceptors (Lipinski definition) is 3. The highest BCUT2D eigenvalue weighted by Crippen LogP contribution is 2.23. The molecular formula is C14H22N2O. The molecule has 1 atom stereocenters. The van der Waals surface area contributed by atoms with Crippen molar-refractivity contribution in [1.29, 1.82) is 0 Å². The fourth-order valence-electron chi connectivity index (χ4n) is 2.39. The topological polar surface area (TPSA) is 38.5 Å². The third-order valence-electron chi connectivity index (χ3n) is 3.40. The van der Waals surface area contributed by atoms with Crippen molar-refractivity contribution in [2.75, 3.05) is 30.8 Å². The third-order valence-corrected chi connectivity index (χ3v) is 3.40. The molecule has 0 amide bonds. The van der Waals surface area contributed by atoms with Gasteiger partial charge in [-0.05, 0) is 43.9 Å². The number of hydrogen-bond donors (Lipinski definition) is 1. The van der Waals surface area contributed by atoms with Gasteiger partial charge < -0.3 is 15.4 Å². The van der Waals surface area contributed by atoms with Crippen LogP contribution in [0.2, 0.25) is 0 Å². The van der Waals surface area contributed by atoms with Gasteiger partial charge in [0, 0.05) is 31.6 Å². The first kappa shape index (κ1) is 12.2. The summed E-state index contributed by atoms with van der Waals surface area (Å²) >= 11 is 0. The van der Waals surface area contributed by atoms with Crippen LogP contribution < -0.4 is 10.6 Å². The number of aryl methyl sites for hydroxylation is 1. The molecule has 1 aliphatic rings. The van der Waals surface area contributed by atoms with Crippen molar-refractivity contribution in [3.05, 3.63) is 23.8 Å². The zero-order valence-electron chi connectivity index (χ0n) is 10.8. The fourth-order valence-corrected chi connectivity index (χ4v) is 2.39. The van der Waals surface area contributed by atoms with E-state index in [1.54, 1.807) is 0 Å². The number of benzene rings is 1. The lowest BCUT2D eigenvalue weighted by atomic mass is 10.1. The van der Waals surface area contributed by atoms with Crippen LogP contribution in [0.5, 0.6) is 0 Å². The number of anilines is 2. The second kappa shape index (κ2) is 5.41. The molecule has 3 nitrogen and oxygen atoms in total. The van der Waals surface area contributed by atoms with Crippen molar-refractivity contribution in [3.63, 3.8) is 0 Å². The summed E-state index contributed by atoms with van der Waals surface area (Å²) in [7, 11) is 2.11. The Kier molecular flexibility index (Phi) is 3.89. The van der Waals surface area contributed by atoms with E-state index in [9.17, 15) is 0 Å². The minimum Gasteiger partial charge on any atom is -0.399 e. The predicted molar refractivity (Wildman–Crippen MR) is 72.5 cm³/mol. The van der Waals surface area contributed by atoms with Crippen LogP contribution in [0.3, 0.4) is 0 Å². The Morgan fingerprint density at radius 3 is 2.94 bits per heavy atom. The van der Waals surface area contributed by atoms with E-state index in [-0.39, 0.29) is 0 Å². The molecule has 0 bridgehead atoms. The molecule has 1 aliphatic heterocycles. The first-order valence-electron chi connectivity index (χ1n) is 6.35. The second-order valence-corrected chi connectivity index (χ2v) is 4.92. The van der Waals surface area contributed by atoms with Gasteiger partial charge in [-0.3, -0.25) is 0 Å². The van der Waals surface area contributed by atoms with Crippen LogP contribution in [0.25, 0.3) is 0 Å². The van der Waals surface area contributed by atoms with Crippen LogP contribution >= 0.6 is 0 Å².